The molecule has 0 N–H and O–H groups in total. The predicted octanol–water partition coefficient (Wildman–Crippen LogP) is 3.84. The normalized spacial score (nSPS) is 10.2. The molecule has 2 aromatic carbocycles. The molecule has 2 rings (SSSR count). The number of hydrogen-bond donors (Lipinski definition) is 1. The highest BCUT2D eigenvalue weighted by Crippen LogP contribution is 2.26. The summed E-state index contributed by atoms with van der Waals surface area (Å²) in [7, 11) is 0. The van der Waals surface area contributed by atoms with Crippen molar-refractivity contribution < 1.29 is 9.53 Å². The Morgan fingerprint density at radius 1 is 0.882 bits per heavy atom. The van der Waals surface area contributed by atoms with E-state index >= 15 is 0 Å². The van der Waals surface area contributed by atoms with E-state index in [4.69, 9.17) is 4.74 Å². The van der Waals surface area contributed by atoms with Gasteiger partial charge in [-0.3, -0.25) is 0 Å². The minimum Gasteiger partial charge on any atom is -0.445 e. The zero-order valence-electron chi connectivity index (χ0n) is 9.11. The molecule has 2 aromatic rings. The molecule has 17 heavy (non-hydrogen) atoms. The van der Waals surface area contributed by atoms with Crippen LogP contribution in [0.2, 0.25) is 0 Å². The molecule has 0 heterocycles. The molecule has 0 bridgehead atoms. The second kappa shape index (κ2) is 5.55. The fraction of sp³-hybridized carbons (Fsp3) is 0.0714. The Labute approximate surface area is 106 Å². The van der Waals surface area contributed by atoms with Gasteiger partial charge in [0.2, 0.25) is 0 Å². The predicted molar refractivity (Wildman–Crippen MR) is 70.2 cm³/mol. The molecule has 0 aliphatic heterocycles. The molecule has 2 nitrogen and oxygen atoms in total. The van der Waals surface area contributed by atoms with Crippen molar-refractivity contribution in [1.29, 1.82) is 0 Å². The zero-order chi connectivity index (χ0) is 12.1. The van der Waals surface area contributed by atoms with Crippen LogP contribution in [0.15, 0.2) is 60.7 Å². The van der Waals surface area contributed by atoms with Crippen molar-refractivity contribution in [1.82, 2.24) is 0 Å². The van der Waals surface area contributed by atoms with Crippen LogP contribution in [-0.2, 0) is 4.74 Å². The van der Waals surface area contributed by atoms with Gasteiger partial charge in [-0.05, 0) is 11.1 Å². The van der Waals surface area contributed by atoms with Crippen LogP contribution in [0.4, 0.5) is 4.79 Å². The van der Waals surface area contributed by atoms with Gasteiger partial charge in [0, 0.05) is 0 Å². The van der Waals surface area contributed by atoms with Gasteiger partial charge in [0.15, 0.2) is 6.10 Å². The minimum atomic E-state index is -0.581. The highest BCUT2D eigenvalue weighted by Gasteiger charge is 2.16. The van der Waals surface area contributed by atoms with Crippen molar-refractivity contribution in [2.24, 2.45) is 0 Å². The van der Waals surface area contributed by atoms with Crippen LogP contribution in [0.3, 0.4) is 0 Å². The summed E-state index contributed by atoms with van der Waals surface area (Å²) in [6, 6.07) is 19.2. The SMILES string of the molecule is O=C(S)OC(c1ccccc1)c1ccccc1. The fourth-order valence-electron chi connectivity index (χ4n) is 1.69. The van der Waals surface area contributed by atoms with Gasteiger partial charge in [0.1, 0.15) is 0 Å². The molecule has 0 aliphatic rings. The second-order valence-electron chi connectivity index (χ2n) is 3.59. The molecular formula is C14H12O2S. The van der Waals surface area contributed by atoms with Crippen LogP contribution >= 0.6 is 12.6 Å². The zero-order valence-corrected chi connectivity index (χ0v) is 10.0. The minimum absolute atomic E-state index is 0.401. The van der Waals surface area contributed by atoms with Gasteiger partial charge in [-0.15, -0.1) is 0 Å². The van der Waals surface area contributed by atoms with E-state index in [9.17, 15) is 4.79 Å². The number of ether oxygens (including phenoxy) is 1. The lowest BCUT2D eigenvalue weighted by molar-refractivity contribution is 0.144. The quantitative estimate of drug-likeness (QED) is 0.655. The lowest BCUT2D eigenvalue weighted by Gasteiger charge is -2.17. The van der Waals surface area contributed by atoms with E-state index in [1.165, 1.54) is 0 Å². The molecule has 3 heteroatoms. The summed E-state index contributed by atoms with van der Waals surface area (Å²) < 4.78 is 5.25. The molecule has 0 atom stereocenters. The Morgan fingerprint density at radius 2 is 1.29 bits per heavy atom. The van der Waals surface area contributed by atoms with Crippen molar-refractivity contribution in [3.63, 3.8) is 0 Å². The summed E-state index contributed by atoms with van der Waals surface area (Å²) in [4.78, 5) is 11.0. The van der Waals surface area contributed by atoms with Gasteiger partial charge in [0.05, 0.1) is 0 Å². The topological polar surface area (TPSA) is 26.3 Å². The summed E-state index contributed by atoms with van der Waals surface area (Å²) in [5, 5.41) is -0.581. The lowest BCUT2D eigenvalue weighted by Crippen LogP contribution is -2.07. The van der Waals surface area contributed by atoms with E-state index in [1.807, 2.05) is 60.7 Å². The van der Waals surface area contributed by atoms with Gasteiger partial charge in [-0.25, -0.2) is 4.79 Å². The average Bonchev–Trinajstić information content (AvgIpc) is 2.38. The van der Waals surface area contributed by atoms with Gasteiger partial charge in [-0.2, -0.15) is 0 Å². The van der Waals surface area contributed by atoms with E-state index in [2.05, 4.69) is 12.6 Å². The molecular weight excluding hydrogens is 232 g/mol. The molecule has 0 unspecified atom stereocenters. The number of rotatable bonds is 3. The third-order valence-corrected chi connectivity index (χ3v) is 2.53. The Morgan fingerprint density at radius 3 is 1.65 bits per heavy atom. The summed E-state index contributed by atoms with van der Waals surface area (Å²) in [6.45, 7) is 0. The van der Waals surface area contributed by atoms with E-state index < -0.39 is 11.4 Å². The Bertz CT molecular complexity index is 443. The van der Waals surface area contributed by atoms with E-state index in [1.54, 1.807) is 0 Å². The first-order chi connectivity index (χ1) is 8.27. The van der Waals surface area contributed by atoms with Crippen LogP contribution < -0.4 is 0 Å². The molecule has 0 spiro atoms. The Hall–Kier alpha value is -1.74. The number of hydrogen-bond acceptors (Lipinski definition) is 2. The van der Waals surface area contributed by atoms with E-state index in [0.717, 1.165) is 11.1 Å². The van der Waals surface area contributed by atoms with Crippen molar-refractivity contribution in [3.05, 3.63) is 71.8 Å². The third kappa shape index (κ3) is 3.11. The van der Waals surface area contributed by atoms with E-state index in [-0.39, 0.29) is 0 Å². The first-order valence-corrected chi connectivity index (χ1v) is 5.71. The van der Waals surface area contributed by atoms with Gasteiger partial charge < -0.3 is 4.74 Å². The summed E-state index contributed by atoms with van der Waals surface area (Å²) in [6.07, 6.45) is -0.401. The van der Waals surface area contributed by atoms with E-state index in [0.29, 0.717) is 0 Å². The first kappa shape index (κ1) is 11.7. The van der Waals surface area contributed by atoms with Crippen molar-refractivity contribution in [3.8, 4) is 0 Å². The van der Waals surface area contributed by atoms with Crippen LogP contribution in [0.1, 0.15) is 17.2 Å². The van der Waals surface area contributed by atoms with Crippen LogP contribution in [0.25, 0.3) is 0 Å². The molecule has 0 saturated carbocycles. The first-order valence-electron chi connectivity index (χ1n) is 5.27. The van der Waals surface area contributed by atoms with Gasteiger partial charge >= 0.3 is 5.30 Å². The maximum absolute atomic E-state index is 11.0. The summed E-state index contributed by atoms with van der Waals surface area (Å²) in [5.74, 6) is 0. The maximum atomic E-state index is 11.0. The highest BCUT2D eigenvalue weighted by molar-refractivity contribution is 7.96. The smallest absolute Gasteiger partial charge is 0.365 e. The second-order valence-corrected chi connectivity index (χ2v) is 3.95. The van der Waals surface area contributed by atoms with Gasteiger partial charge in [0.25, 0.3) is 0 Å². The number of thiol groups is 1. The molecule has 0 amide bonds. The molecule has 0 saturated heterocycles. The monoisotopic (exact) mass is 244 g/mol. The van der Waals surface area contributed by atoms with Crippen molar-refractivity contribution in [2.45, 2.75) is 6.10 Å². The van der Waals surface area contributed by atoms with Crippen LogP contribution in [0.5, 0.6) is 0 Å². The number of carbonyl (C=O) groups is 1. The van der Waals surface area contributed by atoms with Crippen LogP contribution in [0, 0.1) is 0 Å². The molecule has 0 aromatic heterocycles. The van der Waals surface area contributed by atoms with Crippen LogP contribution in [-0.4, -0.2) is 5.30 Å². The Balaban J connectivity index is 2.36. The van der Waals surface area contributed by atoms with Crippen molar-refractivity contribution >= 4 is 17.9 Å². The summed E-state index contributed by atoms with van der Waals surface area (Å²) in [5.41, 5.74) is 1.86. The molecule has 0 aliphatic carbocycles. The summed E-state index contributed by atoms with van der Waals surface area (Å²) >= 11 is 3.68. The maximum Gasteiger partial charge on any atom is 0.365 e. The van der Waals surface area contributed by atoms with Crippen molar-refractivity contribution in [2.75, 3.05) is 0 Å². The largest absolute Gasteiger partial charge is 0.445 e. The number of benzene rings is 2. The number of carbonyl (C=O) groups excluding carboxylic acids is 1. The fourth-order valence-corrected chi connectivity index (χ4v) is 1.79. The Kier molecular flexibility index (Phi) is 3.83. The molecule has 0 fully saturated rings. The molecule has 86 valence electrons. The standard InChI is InChI=1S/C14H12O2S/c15-14(17)16-13(11-7-3-1-4-8-11)12-9-5-2-6-10-12/h1-10,13H,(H,15,17). The average molecular weight is 244 g/mol. The molecule has 0 radical (unpaired) electrons. The third-order valence-electron chi connectivity index (χ3n) is 2.42. The highest BCUT2D eigenvalue weighted by atomic mass is 32.1. The lowest BCUT2D eigenvalue weighted by atomic mass is 10.0. The van der Waals surface area contributed by atoms with Gasteiger partial charge in [-0.1, -0.05) is 73.3 Å².